The molecular weight excluding hydrogens is 234 g/mol. The Hall–Kier alpha value is -0.580. The molecule has 1 aromatic heterocycles. The Labute approximate surface area is 97.3 Å². The summed E-state index contributed by atoms with van der Waals surface area (Å²) in [6.07, 6.45) is 0.676. The topological polar surface area (TPSA) is 40.5 Å². The van der Waals surface area contributed by atoms with Crippen molar-refractivity contribution in [3.8, 4) is 0 Å². The first-order chi connectivity index (χ1) is 7.06. The number of nitrogens with zero attached hydrogens (tertiary/aromatic N) is 1. The van der Waals surface area contributed by atoms with Crippen LogP contribution in [0.4, 0.5) is 0 Å². The maximum Gasteiger partial charge on any atom is 0.265 e. The van der Waals surface area contributed by atoms with E-state index < -0.39 is 5.60 Å². The van der Waals surface area contributed by atoms with E-state index in [1.807, 2.05) is 6.92 Å². The average Bonchev–Trinajstić information content (AvgIpc) is 2.58. The standard InChI is InChI=1S/C10H12ClNO2S/c1-2-10(14)5-12(6-10)9(13)8-7(11)3-4-15-8/h3-4,14H,2,5-6H2,1H3. The molecule has 1 N–H and O–H groups in total. The molecule has 0 saturated carbocycles. The Morgan fingerprint density at radius 3 is 2.87 bits per heavy atom. The highest BCUT2D eigenvalue weighted by molar-refractivity contribution is 7.12. The number of carbonyl (C=O) groups excluding carboxylic acids is 1. The number of amides is 1. The van der Waals surface area contributed by atoms with Crippen molar-refractivity contribution in [2.24, 2.45) is 0 Å². The van der Waals surface area contributed by atoms with Crippen molar-refractivity contribution in [2.45, 2.75) is 18.9 Å². The molecule has 15 heavy (non-hydrogen) atoms. The maximum atomic E-state index is 11.9. The largest absolute Gasteiger partial charge is 0.386 e. The first-order valence-electron chi connectivity index (χ1n) is 4.80. The summed E-state index contributed by atoms with van der Waals surface area (Å²) in [6.45, 7) is 2.74. The van der Waals surface area contributed by atoms with E-state index in [-0.39, 0.29) is 5.91 Å². The fourth-order valence-electron chi connectivity index (χ4n) is 1.62. The minimum Gasteiger partial charge on any atom is -0.386 e. The second kappa shape index (κ2) is 3.77. The van der Waals surface area contributed by atoms with Gasteiger partial charge in [0.15, 0.2) is 0 Å². The predicted octanol–water partition coefficient (Wildman–Crippen LogP) is 2.00. The van der Waals surface area contributed by atoms with Crippen LogP contribution in [0.3, 0.4) is 0 Å². The number of carbonyl (C=O) groups is 1. The van der Waals surface area contributed by atoms with E-state index in [1.165, 1.54) is 11.3 Å². The molecule has 0 atom stereocenters. The van der Waals surface area contributed by atoms with E-state index in [4.69, 9.17) is 11.6 Å². The van der Waals surface area contributed by atoms with Crippen LogP contribution in [-0.2, 0) is 0 Å². The first kappa shape index (κ1) is 10.9. The Balaban J connectivity index is 2.04. The summed E-state index contributed by atoms with van der Waals surface area (Å²) in [5.74, 6) is -0.0758. The molecule has 3 nitrogen and oxygen atoms in total. The van der Waals surface area contributed by atoms with E-state index in [0.29, 0.717) is 29.4 Å². The second-order valence-corrected chi connectivity index (χ2v) is 5.16. The van der Waals surface area contributed by atoms with Gasteiger partial charge in [-0.25, -0.2) is 0 Å². The summed E-state index contributed by atoms with van der Waals surface area (Å²) in [5, 5.41) is 12.1. The lowest BCUT2D eigenvalue weighted by atomic mass is 9.91. The number of likely N-dealkylation sites (tertiary alicyclic amines) is 1. The summed E-state index contributed by atoms with van der Waals surface area (Å²) < 4.78 is 0. The van der Waals surface area contributed by atoms with Crippen LogP contribution in [0.25, 0.3) is 0 Å². The van der Waals surface area contributed by atoms with Crippen molar-refractivity contribution in [3.63, 3.8) is 0 Å². The number of β-amino-alcohol motifs (C(OH)–C–C–N with tert-alkyl or cyclic N) is 1. The average molecular weight is 246 g/mol. The van der Waals surface area contributed by atoms with Gasteiger partial charge in [-0.15, -0.1) is 11.3 Å². The van der Waals surface area contributed by atoms with Crippen LogP contribution < -0.4 is 0 Å². The number of thiophene rings is 1. The van der Waals surface area contributed by atoms with Crippen LogP contribution in [0.15, 0.2) is 11.4 Å². The molecule has 0 bridgehead atoms. The quantitative estimate of drug-likeness (QED) is 0.866. The van der Waals surface area contributed by atoms with Crippen molar-refractivity contribution in [1.82, 2.24) is 4.90 Å². The van der Waals surface area contributed by atoms with Gasteiger partial charge in [-0.3, -0.25) is 4.79 Å². The molecule has 1 fully saturated rings. The molecule has 1 aliphatic heterocycles. The third-order valence-electron chi connectivity index (χ3n) is 2.73. The number of hydrogen-bond donors (Lipinski definition) is 1. The van der Waals surface area contributed by atoms with Crippen molar-refractivity contribution < 1.29 is 9.90 Å². The summed E-state index contributed by atoms with van der Waals surface area (Å²) in [4.78, 5) is 14.0. The van der Waals surface area contributed by atoms with Crippen LogP contribution in [0, 0.1) is 0 Å². The van der Waals surface area contributed by atoms with Crippen LogP contribution >= 0.6 is 22.9 Å². The molecule has 2 heterocycles. The Morgan fingerprint density at radius 1 is 1.73 bits per heavy atom. The molecule has 82 valence electrons. The first-order valence-corrected chi connectivity index (χ1v) is 6.06. The van der Waals surface area contributed by atoms with Crippen LogP contribution in [0.2, 0.25) is 5.02 Å². The van der Waals surface area contributed by atoms with Gasteiger partial charge in [0.2, 0.25) is 0 Å². The highest BCUT2D eigenvalue weighted by Crippen LogP contribution is 2.29. The normalized spacial score (nSPS) is 18.7. The van der Waals surface area contributed by atoms with Crippen molar-refractivity contribution >= 4 is 28.8 Å². The van der Waals surface area contributed by atoms with Gasteiger partial charge in [0, 0.05) is 0 Å². The Kier molecular flexibility index (Phi) is 2.75. The molecule has 1 aliphatic rings. The summed E-state index contributed by atoms with van der Waals surface area (Å²) >= 11 is 7.20. The minimum absolute atomic E-state index is 0.0758. The van der Waals surface area contributed by atoms with Gasteiger partial charge in [-0.2, -0.15) is 0 Å². The molecule has 0 aromatic carbocycles. The Bertz CT molecular complexity index is 385. The van der Waals surface area contributed by atoms with Gasteiger partial charge in [-0.05, 0) is 17.9 Å². The molecular formula is C10H12ClNO2S. The fraction of sp³-hybridized carbons (Fsp3) is 0.500. The lowest BCUT2D eigenvalue weighted by Crippen LogP contribution is -2.63. The molecule has 0 spiro atoms. The van der Waals surface area contributed by atoms with E-state index in [0.717, 1.165) is 0 Å². The lowest BCUT2D eigenvalue weighted by molar-refractivity contribution is -0.0824. The minimum atomic E-state index is -0.681. The molecule has 0 unspecified atom stereocenters. The van der Waals surface area contributed by atoms with E-state index >= 15 is 0 Å². The summed E-state index contributed by atoms with van der Waals surface area (Å²) in [7, 11) is 0. The third-order valence-corrected chi connectivity index (χ3v) is 4.06. The molecule has 0 aliphatic carbocycles. The SMILES string of the molecule is CCC1(O)CN(C(=O)c2sccc2Cl)C1. The zero-order chi connectivity index (χ0) is 11.1. The van der Waals surface area contributed by atoms with Crippen LogP contribution in [0.1, 0.15) is 23.0 Å². The number of aliphatic hydroxyl groups is 1. The second-order valence-electron chi connectivity index (χ2n) is 3.84. The third kappa shape index (κ3) is 1.89. The van der Waals surface area contributed by atoms with E-state index in [9.17, 15) is 9.90 Å². The fourth-order valence-corrected chi connectivity index (χ4v) is 2.72. The lowest BCUT2D eigenvalue weighted by Gasteiger charge is -2.45. The van der Waals surface area contributed by atoms with Gasteiger partial charge in [0.05, 0.1) is 23.7 Å². The zero-order valence-corrected chi connectivity index (χ0v) is 9.94. The Morgan fingerprint density at radius 2 is 2.40 bits per heavy atom. The zero-order valence-electron chi connectivity index (χ0n) is 8.36. The molecule has 2 rings (SSSR count). The summed E-state index contributed by atoms with van der Waals surface area (Å²) in [6, 6.07) is 1.71. The van der Waals surface area contributed by atoms with Crippen LogP contribution in [0.5, 0.6) is 0 Å². The van der Waals surface area contributed by atoms with Gasteiger partial charge in [0.1, 0.15) is 4.88 Å². The molecule has 1 amide bonds. The van der Waals surface area contributed by atoms with Gasteiger partial charge >= 0.3 is 0 Å². The van der Waals surface area contributed by atoms with Gasteiger partial charge in [-0.1, -0.05) is 18.5 Å². The smallest absolute Gasteiger partial charge is 0.265 e. The summed E-state index contributed by atoms with van der Waals surface area (Å²) in [5.41, 5.74) is -0.681. The number of rotatable bonds is 2. The highest BCUT2D eigenvalue weighted by Gasteiger charge is 2.42. The highest BCUT2D eigenvalue weighted by atomic mass is 35.5. The predicted molar refractivity (Wildman–Crippen MR) is 60.5 cm³/mol. The monoisotopic (exact) mass is 245 g/mol. The molecule has 0 radical (unpaired) electrons. The van der Waals surface area contributed by atoms with Crippen molar-refractivity contribution in [3.05, 3.63) is 21.3 Å². The van der Waals surface area contributed by atoms with Gasteiger partial charge in [0.25, 0.3) is 5.91 Å². The molecule has 1 aromatic rings. The number of halogens is 1. The maximum absolute atomic E-state index is 11.9. The van der Waals surface area contributed by atoms with E-state index in [2.05, 4.69) is 0 Å². The van der Waals surface area contributed by atoms with E-state index in [1.54, 1.807) is 16.3 Å². The van der Waals surface area contributed by atoms with Crippen molar-refractivity contribution in [2.75, 3.05) is 13.1 Å². The van der Waals surface area contributed by atoms with Crippen LogP contribution in [-0.4, -0.2) is 34.6 Å². The van der Waals surface area contributed by atoms with Crippen molar-refractivity contribution in [1.29, 1.82) is 0 Å². The molecule has 5 heteroatoms. The molecule has 1 saturated heterocycles. The number of hydrogen-bond acceptors (Lipinski definition) is 3. The van der Waals surface area contributed by atoms with Gasteiger partial charge < -0.3 is 10.0 Å².